The Morgan fingerprint density at radius 2 is 2.27 bits per heavy atom. The molecule has 1 N–H and O–H groups in total. The topological polar surface area (TPSA) is 54.9 Å². The molecule has 4 heteroatoms. The van der Waals surface area contributed by atoms with Gasteiger partial charge in [-0.2, -0.15) is 0 Å². The number of fused-ring (bicyclic) bond motifs is 1. The van der Waals surface area contributed by atoms with Crippen molar-refractivity contribution in [3.63, 3.8) is 0 Å². The van der Waals surface area contributed by atoms with Crippen molar-refractivity contribution in [2.24, 2.45) is 0 Å². The van der Waals surface area contributed by atoms with Crippen molar-refractivity contribution in [1.29, 1.82) is 0 Å². The Labute approximate surface area is 61.8 Å². The zero-order valence-corrected chi connectivity index (χ0v) is 5.70. The van der Waals surface area contributed by atoms with Crippen molar-refractivity contribution >= 4 is 6.08 Å². The molecular formula is C7H6N2O2. The second kappa shape index (κ2) is 1.95. The number of allylic oxidation sites excluding steroid dienone is 1. The molecule has 1 aromatic heterocycles. The highest BCUT2D eigenvalue weighted by Gasteiger charge is 2.05. The fourth-order valence-corrected chi connectivity index (χ4v) is 1.14. The van der Waals surface area contributed by atoms with Crippen LogP contribution in [0.25, 0.3) is 6.08 Å². The quantitative estimate of drug-likeness (QED) is 0.545. The normalized spacial score (nSPS) is 13.5. The molecule has 0 unspecified atom stereocenters. The maximum Gasteiger partial charge on any atom is 0.329 e. The molecule has 56 valence electrons. The number of aromatic amines is 1. The van der Waals surface area contributed by atoms with Crippen LogP contribution in [-0.4, -0.2) is 9.55 Å². The molecule has 0 bridgehead atoms. The van der Waals surface area contributed by atoms with E-state index in [1.165, 1.54) is 10.6 Å². The standard InChI is InChI=1S/C7H6N2O2/c10-6-4-5-2-1-3-9(5)7(11)8-6/h1-2,4H,3H2,(H,8,10,11). The summed E-state index contributed by atoms with van der Waals surface area (Å²) in [7, 11) is 0. The first-order chi connectivity index (χ1) is 5.27. The van der Waals surface area contributed by atoms with Crippen molar-refractivity contribution in [3.8, 4) is 0 Å². The smallest absolute Gasteiger partial charge is 0.290 e. The first-order valence-corrected chi connectivity index (χ1v) is 3.28. The average Bonchev–Trinajstić information content (AvgIpc) is 2.34. The van der Waals surface area contributed by atoms with Crippen LogP contribution in [0.2, 0.25) is 0 Å². The highest BCUT2D eigenvalue weighted by molar-refractivity contribution is 5.47. The lowest BCUT2D eigenvalue weighted by molar-refractivity contribution is 0.747. The van der Waals surface area contributed by atoms with E-state index in [9.17, 15) is 9.59 Å². The summed E-state index contributed by atoms with van der Waals surface area (Å²) in [6, 6.07) is 1.41. The lowest BCUT2D eigenvalue weighted by Gasteiger charge is -1.98. The van der Waals surface area contributed by atoms with Gasteiger partial charge in [0, 0.05) is 12.6 Å². The Hall–Kier alpha value is -1.58. The molecule has 2 heterocycles. The van der Waals surface area contributed by atoms with Gasteiger partial charge in [-0.05, 0) is 6.08 Å². The van der Waals surface area contributed by atoms with Crippen LogP contribution in [0.15, 0.2) is 21.7 Å². The van der Waals surface area contributed by atoms with Gasteiger partial charge in [0.05, 0.1) is 5.69 Å². The van der Waals surface area contributed by atoms with E-state index in [0.29, 0.717) is 12.2 Å². The minimum absolute atomic E-state index is 0.336. The van der Waals surface area contributed by atoms with Gasteiger partial charge in [0.2, 0.25) is 0 Å². The van der Waals surface area contributed by atoms with Crippen LogP contribution >= 0.6 is 0 Å². The van der Waals surface area contributed by atoms with Gasteiger partial charge in [-0.1, -0.05) is 6.08 Å². The Morgan fingerprint density at radius 1 is 1.45 bits per heavy atom. The summed E-state index contributed by atoms with van der Waals surface area (Å²) >= 11 is 0. The van der Waals surface area contributed by atoms with Crippen LogP contribution in [0, 0.1) is 0 Å². The van der Waals surface area contributed by atoms with E-state index in [1.54, 1.807) is 6.08 Å². The number of hydrogen-bond donors (Lipinski definition) is 1. The Morgan fingerprint density at radius 3 is 3.09 bits per heavy atom. The van der Waals surface area contributed by atoms with Crippen molar-refractivity contribution in [1.82, 2.24) is 9.55 Å². The van der Waals surface area contributed by atoms with Crippen LogP contribution in [-0.2, 0) is 6.54 Å². The highest BCUT2D eigenvalue weighted by Crippen LogP contribution is 2.03. The van der Waals surface area contributed by atoms with Crippen LogP contribution in [0.4, 0.5) is 0 Å². The number of hydrogen-bond acceptors (Lipinski definition) is 2. The minimum Gasteiger partial charge on any atom is -0.290 e. The lowest BCUT2D eigenvalue weighted by atomic mass is 10.4. The van der Waals surface area contributed by atoms with E-state index in [0.717, 1.165) is 0 Å². The molecule has 0 aliphatic carbocycles. The van der Waals surface area contributed by atoms with Crippen LogP contribution in [0.1, 0.15) is 5.69 Å². The van der Waals surface area contributed by atoms with E-state index >= 15 is 0 Å². The second-order valence-electron chi connectivity index (χ2n) is 2.38. The molecule has 11 heavy (non-hydrogen) atoms. The summed E-state index contributed by atoms with van der Waals surface area (Å²) in [4.78, 5) is 23.9. The van der Waals surface area contributed by atoms with Crippen molar-refractivity contribution in [2.45, 2.75) is 6.54 Å². The van der Waals surface area contributed by atoms with Crippen LogP contribution in [0.3, 0.4) is 0 Å². The van der Waals surface area contributed by atoms with E-state index in [4.69, 9.17) is 0 Å². The van der Waals surface area contributed by atoms with E-state index in [2.05, 4.69) is 4.98 Å². The molecule has 0 spiro atoms. The number of aromatic nitrogens is 2. The molecule has 4 nitrogen and oxygen atoms in total. The number of nitrogens with one attached hydrogen (secondary N) is 1. The fourth-order valence-electron chi connectivity index (χ4n) is 1.14. The predicted octanol–water partition coefficient (Wildman–Crippen LogP) is -0.437. The van der Waals surface area contributed by atoms with Gasteiger partial charge < -0.3 is 0 Å². The first-order valence-electron chi connectivity index (χ1n) is 3.28. The van der Waals surface area contributed by atoms with E-state index in [-0.39, 0.29) is 11.2 Å². The predicted molar refractivity (Wildman–Crippen MR) is 40.4 cm³/mol. The third-order valence-electron chi connectivity index (χ3n) is 1.64. The summed E-state index contributed by atoms with van der Waals surface area (Å²) in [6.07, 6.45) is 3.60. The molecule has 0 saturated carbocycles. The minimum atomic E-state index is -0.340. The van der Waals surface area contributed by atoms with Crippen molar-refractivity contribution in [3.05, 3.63) is 38.7 Å². The van der Waals surface area contributed by atoms with Crippen LogP contribution < -0.4 is 11.2 Å². The summed E-state index contributed by atoms with van der Waals surface area (Å²) in [5.41, 5.74) is 0.00375. The number of rotatable bonds is 0. The summed E-state index contributed by atoms with van der Waals surface area (Å²) < 4.78 is 1.50. The monoisotopic (exact) mass is 150 g/mol. The molecule has 0 atom stereocenters. The summed E-state index contributed by atoms with van der Waals surface area (Å²) in [5.74, 6) is 0. The fraction of sp³-hybridized carbons (Fsp3) is 0.143. The Bertz CT molecular complexity index is 425. The molecule has 1 aliphatic rings. The van der Waals surface area contributed by atoms with Gasteiger partial charge in [-0.15, -0.1) is 0 Å². The van der Waals surface area contributed by atoms with Gasteiger partial charge >= 0.3 is 5.69 Å². The molecule has 1 aromatic rings. The zero-order chi connectivity index (χ0) is 7.84. The molecule has 0 saturated heterocycles. The van der Waals surface area contributed by atoms with Gasteiger partial charge in [-0.25, -0.2) is 4.79 Å². The number of H-pyrrole nitrogens is 1. The van der Waals surface area contributed by atoms with Gasteiger partial charge in [-0.3, -0.25) is 14.3 Å². The van der Waals surface area contributed by atoms with Gasteiger partial charge in [0.15, 0.2) is 0 Å². The molecule has 0 fully saturated rings. The molecule has 0 aromatic carbocycles. The maximum atomic E-state index is 11.0. The van der Waals surface area contributed by atoms with Crippen LogP contribution in [0.5, 0.6) is 0 Å². The van der Waals surface area contributed by atoms with E-state index in [1.807, 2.05) is 6.08 Å². The van der Waals surface area contributed by atoms with E-state index < -0.39 is 0 Å². The largest absolute Gasteiger partial charge is 0.329 e. The molecule has 1 aliphatic heterocycles. The van der Waals surface area contributed by atoms with Gasteiger partial charge in [0.25, 0.3) is 5.56 Å². The molecule has 0 amide bonds. The number of nitrogens with zero attached hydrogens (tertiary/aromatic N) is 1. The Balaban J connectivity index is 2.87. The molecule has 0 radical (unpaired) electrons. The SMILES string of the molecule is O=c1cc2n(c(=O)[nH]1)CC=C2. The van der Waals surface area contributed by atoms with Gasteiger partial charge in [0.1, 0.15) is 0 Å². The zero-order valence-electron chi connectivity index (χ0n) is 5.70. The summed E-state index contributed by atoms with van der Waals surface area (Å²) in [6.45, 7) is 0.560. The average molecular weight is 150 g/mol. The Kier molecular flexibility index (Phi) is 1.09. The van der Waals surface area contributed by atoms with Crippen molar-refractivity contribution < 1.29 is 0 Å². The molecular weight excluding hydrogens is 144 g/mol. The molecule has 2 rings (SSSR count). The maximum absolute atomic E-state index is 11.0. The summed E-state index contributed by atoms with van der Waals surface area (Å²) in [5, 5.41) is 0. The first kappa shape index (κ1) is 6.15. The third kappa shape index (κ3) is 0.832. The highest BCUT2D eigenvalue weighted by atomic mass is 16.2. The third-order valence-corrected chi connectivity index (χ3v) is 1.64. The lowest BCUT2D eigenvalue weighted by Crippen LogP contribution is -2.29. The van der Waals surface area contributed by atoms with Crippen molar-refractivity contribution in [2.75, 3.05) is 0 Å². The second-order valence-corrected chi connectivity index (χ2v) is 2.38.